The highest BCUT2D eigenvalue weighted by atomic mass is 15.1. The number of nitrogens with zero attached hydrogens (tertiary/aromatic N) is 2. The van der Waals surface area contributed by atoms with Crippen molar-refractivity contribution in [2.45, 2.75) is 20.4 Å². The van der Waals surface area contributed by atoms with Crippen molar-refractivity contribution in [2.75, 3.05) is 0 Å². The van der Waals surface area contributed by atoms with Gasteiger partial charge in [0.1, 0.15) is 5.82 Å². The molecule has 0 fully saturated rings. The van der Waals surface area contributed by atoms with E-state index in [4.69, 9.17) is 0 Å². The third-order valence-electron chi connectivity index (χ3n) is 3.31. The average molecular weight is 236 g/mol. The van der Waals surface area contributed by atoms with Crippen molar-refractivity contribution in [3.8, 4) is 0 Å². The molecule has 0 amide bonds. The Kier molecular flexibility index (Phi) is 2.63. The standard InChI is InChI=1S/C16H16N2/c1-12-7-9-14(10-8-12)11-18-13(2)17-15-5-3-4-6-16(15)18/h3-10H,11H2,1-2H3. The van der Waals surface area contributed by atoms with Gasteiger partial charge in [-0.2, -0.15) is 0 Å². The summed E-state index contributed by atoms with van der Waals surface area (Å²) in [5.74, 6) is 1.07. The van der Waals surface area contributed by atoms with Crippen LogP contribution < -0.4 is 0 Å². The molecule has 0 N–H and O–H groups in total. The fraction of sp³-hybridized carbons (Fsp3) is 0.188. The van der Waals surface area contributed by atoms with Crippen LogP contribution >= 0.6 is 0 Å². The lowest BCUT2D eigenvalue weighted by Gasteiger charge is -2.07. The predicted octanol–water partition coefficient (Wildman–Crippen LogP) is 3.70. The molecule has 0 aliphatic heterocycles. The summed E-state index contributed by atoms with van der Waals surface area (Å²) < 4.78 is 2.26. The molecule has 2 aromatic carbocycles. The van der Waals surface area contributed by atoms with Crippen molar-refractivity contribution < 1.29 is 0 Å². The van der Waals surface area contributed by atoms with E-state index in [0.29, 0.717) is 0 Å². The Morgan fingerprint density at radius 1 is 0.944 bits per heavy atom. The molecule has 0 atom stereocenters. The van der Waals surface area contributed by atoms with E-state index in [0.717, 1.165) is 17.9 Å². The number of imidazole rings is 1. The minimum Gasteiger partial charge on any atom is -0.324 e. The molecule has 3 aromatic rings. The van der Waals surface area contributed by atoms with Gasteiger partial charge in [-0.15, -0.1) is 0 Å². The maximum absolute atomic E-state index is 4.59. The van der Waals surface area contributed by atoms with Gasteiger partial charge in [0, 0.05) is 6.54 Å². The zero-order chi connectivity index (χ0) is 12.5. The third-order valence-corrected chi connectivity index (χ3v) is 3.31. The molecule has 0 aliphatic carbocycles. The van der Waals surface area contributed by atoms with Crippen molar-refractivity contribution in [1.29, 1.82) is 0 Å². The molecular weight excluding hydrogens is 220 g/mol. The lowest BCUT2D eigenvalue weighted by Crippen LogP contribution is -2.01. The van der Waals surface area contributed by atoms with Crippen molar-refractivity contribution >= 4 is 11.0 Å². The van der Waals surface area contributed by atoms with Crippen molar-refractivity contribution in [1.82, 2.24) is 9.55 Å². The summed E-state index contributed by atoms with van der Waals surface area (Å²) in [5, 5.41) is 0. The molecule has 90 valence electrons. The molecular formula is C16H16N2. The van der Waals surface area contributed by atoms with Crippen molar-refractivity contribution in [2.24, 2.45) is 0 Å². The van der Waals surface area contributed by atoms with Crippen LogP contribution in [0.3, 0.4) is 0 Å². The SMILES string of the molecule is Cc1ccc(Cn2c(C)nc3ccccc32)cc1. The Balaban J connectivity index is 2.04. The van der Waals surface area contributed by atoms with E-state index in [1.54, 1.807) is 0 Å². The molecule has 2 nitrogen and oxygen atoms in total. The Hall–Kier alpha value is -2.09. The summed E-state index contributed by atoms with van der Waals surface area (Å²) in [4.78, 5) is 4.59. The Labute approximate surface area is 107 Å². The van der Waals surface area contributed by atoms with E-state index >= 15 is 0 Å². The monoisotopic (exact) mass is 236 g/mol. The van der Waals surface area contributed by atoms with Crippen LogP contribution in [0.15, 0.2) is 48.5 Å². The summed E-state index contributed by atoms with van der Waals surface area (Å²) in [6.07, 6.45) is 0. The smallest absolute Gasteiger partial charge is 0.107 e. The average Bonchev–Trinajstić information content (AvgIpc) is 2.69. The van der Waals surface area contributed by atoms with Crippen LogP contribution in [0.5, 0.6) is 0 Å². The Morgan fingerprint density at radius 2 is 1.67 bits per heavy atom. The summed E-state index contributed by atoms with van der Waals surface area (Å²) in [6, 6.07) is 17.0. The number of aromatic nitrogens is 2. The van der Waals surface area contributed by atoms with Gasteiger partial charge in [0.15, 0.2) is 0 Å². The summed E-state index contributed by atoms with van der Waals surface area (Å²) >= 11 is 0. The number of para-hydroxylation sites is 2. The van der Waals surface area contributed by atoms with Gasteiger partial charge in [-0.05, 0) is 31.5 Å². The molecule has 0 saturated carbocycles. The fourth-order valence-electron chi connectivity index (χ4n) is 2.27. The number of aryl methyl sites for hydroxylation is 2. The first-order valence-corrected chi connectivity index (χ1v) is 6.21. The van der Waals surface area contributed by atoms with Crippen LogP contribution in [-0.4, -0.2) is 9.55 Å². The first-order chi connectivity index (χ1) is 8.74. The number of benzene rings is 2. The molecule has 0 unspecified atom stereocenters. The summed E-state index contributed by atoms with van der Waals surface area (Å²) in [5.41, 5.74) is 4.88. The van der Waals surface area contributed by atoms with Gasteiger partial charge in [0.05, 0.1) is 11.0 Å². The highest BCUT2D eigenvalue weighted by Crippen LogP contribution is 2.17. The van der Waals surface area contributed by atoms with Gasteiger partial charge in [0.25, 0.3) is 0 Å². The molecule has 0 saturated heterocycles. The molecule has 0 spiro atoms. The maximum Gasteiger partial charge on any atom is 0.107 e. The zero-order valence-electron chi connectivity index (χ0n) is 10.7. The molecule has 18 heavy (non-hydrogen) atoms. The maximum atomic E-state index is 4.59. The topological polar surface area (TPSA) is 17.8 Å². The van der Waals surface area contributed by atoms with Crippen LogP contribution in [0.4, 0.5) is 0 Å². The van der Waals surface area contributed by atoms with Crippen molar-refractivity contribution in [3.05, 3.63) is 65.5 Å². The third kappa shape index (κ3) is 1.90. The predicted molar refractivity (Wildman–Crippen MR) is 74.8 cm³/mol. The molecule has 2 heteroatoms. The number of hydrogen-bond acceptors (Lipinski definition) is 1. The largest absolute Gasteiger partial charge is 0.324 e. The molecule has 0 bridgehead atoms. The number of fused-ring (bicyclic) bond motifs is 1. The van der Waals surface area contributed by atoms with Gasteiger partial charge >= 0.3 is 0 Å². The molecule has 3 rings (SSSR count). The van der Waals surface area contributed by atoms with E-state index < -0.39 is 0 Å². The van der Waals surface area contributed by atoms with Crippen LogP contribution in [0, 0.1) is 13.8 Å². The van der Waals surface area contributed by atoms with E-state index in [2.05, 4.69) is 65.9 Å². The van der Waals surface area contributed by atoms with Gasteiger partial charge in [-0.1, -0.05) is 42.0 Å². The minimum atomic E-state index is 0.882. The second-order valence-electron chi connectivity index (χ2n) is 4.72. The van der Waals surface area contributed by atoms with E-state index in [1.807, 2.05) is 6.07 Å². The van der Waals surface area contributed by atoms with E-state index in [1.165, 1.54) is 16.6 Å². The van der Waals surface area contributed by atoms with Gasteiger partial charge in [0.2, 0.25) is 0 Å². The molecule has 0 radical (unpaired) electrons. The molecule has 0 aliphatic rings. The van der Waals surface area contributed by atoms with E-state index in [9.17, 15) is 0 Å². The van der Waals surface area contributed by atoms with Crippen LogP contribution in [0.2, 0.25) is 0 Å². The number of hydrogen-bond donors (Lipinski definition) is 0. The van der Waals surface area contributed by atoms with Crippen LogP contribution in [-0.2, 0) is 6.54 Å². The summed E-state index contributed by atoms with van der Waals surface area (Å²) in [6.45, 7) is 5.06. The van der Waals surface area contributed by atoms with Gasteiger partial charge in [-0.25, -0.2) is 4.98 Å². The minimum absolute atomic E-state index is 0.882. The van der Waals surface area contributed by atoms with E-state index in [-0.39, 0.29) is 0 Å². The molecule has 1 aromatic heterocycles. The fourth-order valence-corrected chi connectivity index (χ4v) is 2.27. The van der Waals surface area contributed by atoms with Crippen molar-refractivity contribution in [3.63, 3.8) is 0 Å². The van der Waals surface area contributed by atoms with Gasteiger partial charge in [-0.3, -0.25) is 0 Å². The first kappa shape index (κ1) is 11.0. The Morgan fingerprint density at radius 3 is 2.44 bits per heavy atom. The second-order valence-corrected chi connectivity index (χ2v) is 4.72. The normalized spacial score (nSPS) is 11.0. The lowest BCUT2D eigenvalue weighted by atomic mass is 10.1. The second kappa shape index (κ2) is 4.30. The highest BCUT2D eigenvalue weighted by molar-refractivity contribution is 5.75. The first-order valence-electron chi connectivity index (χ1n) is 6.21. The molecule has 1 heterocycles. The number of rotatable bonds is 2. The van der Waals surface area contributed by atoms with Gasteiger partial charge < -0.3 is 4.57 Å². The van der Waals surface area contributed by atoms with Crippen LogP contribution in [0.1, 0.15) is 17.0 Å². The quantitative estimate of drug-likeness (QED) is 0.663. The zero-order valence-corrected chi connectivity index (χ0v) is 10.7. The highest BCUT2D eigenvalue weighted by Gasteiger charge is 2.06. The Bertz CT molecular complexity index is 678. The van der Waals surface area contributed by atoms with Crippen LogP contribution in [0.25, 0.3) is 11.0 Å². The lowest BCUT2D eigenvalue weighted by molar-refractivity contribution is 0.786. The summed E-state index contributed by atoms with van der Waals surface area (Å²) in [7, 11) is 0.